The molecule has 19 heavy (non-hydrogen) atoms. The van der Waals surface area contributed by atoms with Crippen LogP contribution in [0.4, 0.5) is 0 Å². The molecule has 1 heterocycles. The van der Waals surface area contributed by atoms with Gasteiger partial charge in [0, 0.05) is 18.6 Å². The Morgan fingerprint density at radius 2 is 2.16 bits per heavy atom. The maximum atomic E-state index is 12.3. The highest BCUT2D eigenvalue weighted by molar-refractivity contribution is 7.07. The number of carbonyl (C=O) groups excluding carboxylic acids is 1. The highest BCUT2D eigenvalue weighted by atomic mass is 35.5. The lowest BCUT2D eigenvalue weighted by Gasteiger charge is -2.17. The van der Waals surface area contributed by atoms with Crippen molar-refractivity contribution in [2.45, 2.75) is 19.9 Å². The predicted octanol–water partition coefficient (Wildman–Crippen LogP) is 3.03. The van der Waals surface area contributed by atoms with Gasteiger partial charge in [-0.1, -0.05) is 41.2 Å². The fourth-order valence-electron chi connectivity index (χ4n) is 1.73. The zero-order chi connectivity index (χ0) is 13.8. The molecule has 0 aliphatic carbocycles. The quantitative estimate of drug-likeness (QED) is 0.871. The summed E-state index contributed by atoms with van der Waals surface area (Å²) in [4.78, 5) is 14.6. The minimum Gasteiger partial charge on any atom is -0.337 e. The number of halogens is 1. The molecule has 0 fully saturated rings. The molecule has 1 aromatic heterocycles. The minimum atomic E-state index is -0.0632. The molecule has 0 spiro atoms. The van der Waals surface area contributed by atoms with E-state index < -0.39 is 0 Å². The maximum Gasteiger partial charge on any atom is 0.267 e. The molecule has 0 saturated heterocycles. The monoisotopic (exact) mass is 295 g/mol. The standard InChI is InChI=1S/C13H14ClN3OS/c1-3-11-12(19-16-15-11)13(18)17(2)8-9-6-4-5-7-10(9)14/h4-7H,3,8H2,1-2H3. The average Bonchev–Trinajstić information content (AvgIpc) is 2.88. The summed E-state index contributed by atoms with van der Waals surface area (Å²) in [5.74, 6) is -0.0632. The first-order valence-electron chi connectivity index (χ1n) is 5.93. The van der Waals surface area contributed by atoms with E-state index in [4.69, 9.17) is 11.6 Å². The Morgan fingerprint density at radius 3 is 2.84 bits per heavy atom. The van der Waals surface area contributed by atoms with Gasteiger partial charge in [-0.2, -0.15) is 0 Å². The topological polar surface area (TPSA) is 46.1 Å². The zero-order valence-corrected chi connectivity index (χ0v) is 12.3. The van der Waals surface area contributed by atoms with E-state index in [-0.39, 0.29) is 5.91 Å². The fraction of sp³-hybridized carbons (Fsp3) is 0.308. The van der Waals surface area contributed by atoms with E-state index >= 15 is 0 Å². The lowest BCUT2D eigenvalue weighted by Crippen LogP contribution is -2.26. The highest BCUT2D eigenvalue weighted by Crippen LogP contribution is 2.19. The molecule has 0 bridgehead atoms. The Labute approximate surface area is 121 Å². The Bertz CT molecular complexity index is 585. The number of carbonyl (C=O) groups is 1. The molecule has 2 rings (SSSR count). The summed E-state index contributed by atoms with van der Waals surface area (Å²) in [5, 5.41) is 4.62. The molecular weight excluding hydrogens is 282 g/mol. The molecule has 0 aliphatic heterocycles. The van der Waals surface area contributed by atoms with Crippen molar-refractivity contribution in [1.29, 1.82) is 0 Å². The van der Waals surface area contributed by atoms with Gasteiger partial charge in [-0.15, -0.1) is 5.10 Å². The van der Waals surface area contributed by atoms with Gasteiger partial charge in [0.05, 0.1) is 5.69 Å². The van der Waals surface area contributed by atoms with E-state index in [0.717, 1.165) is 22.8 Å². The van der Waals surface area contributed by atoms with Gasteiger partial charge >= 0.3 is 0 Å². The molecule has 1 amide bonds. The van der Waals surface area contributed by atoms with Crippen LogP contribution in [0, 0.1) is 0 Å². The Hall–Kier alpha value is -1.46. The molecule has 0 aliphatic rings. The largest absolute Gasteiger partial charge is 0.337 e. The first-order valence-corrected chi connectivity index (χ1v) is 7.08. The summed E-state index contributed by atoms with van der Waals surface area (Å²) >= 11 is 7.24. The molecule has 6 heteroatoms. The van der Waals surface area contributed by atoms with Gasteiger partial charge in [0.1, 0.15) is 4.88 Å². The Balaban J connectivity index is 2.14. The van der Waals surface area contributed by atoms with Crippen LogP contribution in [0.25, 0.3) is 0 Å². The van der Waals surface area contributed by atoms with E-state index in [1.54, 1.807) is 11.9 Å². The van der Waals surface area contributed by atoms with Crippen molar-refractivity contribution in [3.63, 3.8) is 0 Å². The number of hydrogen-bond donors (Lipinski definition) is 0. The van der Waals surface area contributed by atoms with Crippen LogP contribution in [0.1, 0.15) is 27.9 Å². The number of hydrogen-bond acceptors (Lipinski definition) is 4. The highest BCUT2D eigenvalue weighted by Gasteiger charge is 2.19. The summed E-state index contributed by atoms with van der Waals surface area (Å²) in [6, 6.07) is 7.51. The molecule has 0 atom stereocenters. The van der Waals surface area contributed by atoms with Gasteiger partial charge in [-0.05, 0) is 29.6 Å². The lowest BCUT2D eigenvalue weighted by molar-refractivity contribution is 0.0788. The van der Waals surface area contributed by atoms with Crippen molar-refractivity contribution < 1.29 is 4.79 Å². The van der Waals surface area contributed by atoms with Crippen LogP contribution in [-0.4, -0.2) is 27.4 Å². The number of amides is 1. The number of aryl methyl sites for hydroxylation is 1. The molecular formula is C13H14ClN3OS. The van der Waals surface area contributed by atoms with Crippen molar-refractivity contribution in [3.05, 3.63) is 45.4 Å². The van der Waals surface area contributed by atoms with Crippen molar-refractivity contribution in [2.24, 2.45) is 0 Å². The molecule has 4 nitrogen and oxygen atoms in total. The summed E-state index contributed by atoms with van der Waals surface area (Å²) in [6.07, 6.45) is 0.706. The normalized spacial score (nSPS) is 10.5. The van der Waals surface area contributed by atoms with Crippen molar-refractivity contribution in [1.82, 2.24) is 14.5 Å². The second-order valence-corrected chi connectivity index (χ2v) is 5.32. The number of aromatic nitrogens is 2. The van der Waals surface area contributed by atoms with Crippen LogP contribution in [0.15, 0.2) is 24.3 Å². The van der Waals surface area contributed by atoms with E-state index in [1.807, 2.05) is 31.2 Å². The van der Waals surface area contributed by atoms with E-state index in [0.29, 0.717) is 22.9 Å². The number of benzene rings is 1. The number of rotatable bonds is 4. The van der Waals surface area contributed by atoms with Gasteiger partial charge in [-0.25, -0.2) is 0 Å². The molecule has 0 unspecified atom stereocenters. The van der Waals surface area contributed by atoms with Crippen LogP contribution in [0.2, 0.25) is 5.02 Å². The van der Waals surface area contributed by atoms with Crippen LogP contribution in [0.3, 0.4) is 0 Å². The van der Waals surface area contributed by atoms with Gasteiger partial charge in [0.15, 0.2) is 0 Å². The summed E-state index contributed by atoms with van der Waals surface area (Å²) < 4.78 is 3.84. The van der Waals surface area contributed by atoms with Crippen molar-refractivity contribution >= 4 is 29.0 Å². The lowest BCUT2D eigenvalue weighted by atomic mass is 10.2. The second-order valence-electron chi connectivity index (χ2n) is 4.15. The van der Waals surface area contributed by atoms with Crippen LogP contribution in [-0.2, 0) is 13.0 Å². The van der Waals surface area contributed by atoms with Crippen LogP contribution < -0.4 is 0 Å². The third-order valence-corrected chi connectivity index (χ3v) is 3.92. The van der Waals surface area contributed by atoms with E-state index in [2.05, 4.69) is 9.59 Å². The number of nitrogens with zero attached hydrogens (tertiary/aromatic N) is 3. The molecule has 0 N–H and O–H groups in total. The van der Waals surface area contributed by atoms with E-state index in [1.165, 1.54) is 0 Å². The first kappa shape index (κ1) is 14.0. The van der Waals surface area contributed by atoms with Gasteiger partial charge in [-0.3, -0.25) is 4.79 Å². The average molecular weight is 296 g/mol. The molecule has 100 valence electrons. The summed E-state index contributed by atoms with van der Waals surface area (Å²) in [6.45, 7) is 2.43. The SMILES string of the molecule is CCc1nnsc1C(=O)N(C)Cc1ccccc1Cl. The molecule has 0 radical (unpaired) electrons. The van der Waals surface area contributed by atoms with Gasteiger partial charge in [0.25, 0.3) is 5.91 Å². The van der Waals surface area contributed by atoms with Crippen LogP contribution >= 0.6 is 23.1 Å². The van der Waals surface area contributed by atoms with Gasteiger partial charge < -0.3 is 4.90 Å². The molecule has 1 aromatic carbocycles. The maximum absolute atomic E-state index is 12.3. The first-order chi connectivity index (χ1) is 9.13. The molecule has 2 aromatic rings. The Kier molecular flexibility index (Phi) is 4.50. The smallest absolute Gasteiger partial charge is 0.267 e. The third kappa shape index (κ3) is 3.11. The van der Waals surface area contributed by atoms with Crippen molar-refractivity contribution in [3.8, 4) is 0 Å². The Morgan fingerprint density at radius 1 is 1.42 bits per heavy atom. The van der Waals surface area contributed by atoms with Crippen LogP contribution in [0.5, 0.6) is 0 Å². The van der Waals surface area contributed by atoms with Gasteiger partial charge in [0.2, 0.25) is 0 Å². The fourth-order valence-corrected chi connectivity index (χ4v) is 2.67. The van der Waals surface area contributed by atoms with E-state index in [9.17, 15) is 4.79 Å². The summed E-state index contributed by atoms with van der Waals surface area (Å²) in [7, 11) is 1.75. The second kappa shape index (κ2) is 6.12. The third-order valence-electron chi connectivity index (χ3n) is 2.80. The molecule has 0 saturated carbocycles. The van der Waals surface area contributed by atoms with Crippen molar-refractivity contribution in [2.75, 3.05) is 7.05 Å². The summed E-state index contributed by atoms with van der Waals surface area (Å²) in [5.41, 5.74) is 1.68. The predicted molar refractivity (Wildman–Crippen MR) is 76.5 cm³/mol. The minimum absolute atomic E-state index is 0.0632. The zero-order valence-electron chi connectivity index (χ0n) is 10.8.